The summed E-state index contributed by atoms with van der Waals surface area (Å²) in [5, 5.41) is 2.75. The van der Waals surface area contributed by atoms with Crippen LogP contribution in [-0.4, -0.2) is 30.5 Å². The van der Waals surface area contributed by atoms with Crippen LogP contribution in [0.4, 0.5) is 0 Å². The molecule has 4 nitrogen and oxygen atoms in total. The molecule has 0 spiro atoms. The highest BCUT2D eigenvalue weighted by Gasteiger charge is 2.26. The molecule has 1 aliphatic heterocycles. The average molecular weight is 256 g/mol. The van der Waals surface area contributed by atoms with Crippen molar-refractivity contribution >= 4 is 17.5 Å². The van der Waals surface area contributed by atoms with Crippen LogP contribution in [0.2, 0.25) is 0 Å². The van der Waals surface area contributed by atoms with Gasteiger partial charge in [0.15, 0.2) is 17.6 Å². The molecule has 0 fully saturated rings. The van der Waals surface area contributed by atoms with Crippen molar-refractivity contribution in [2.24, 2.45) is 0 Å². The predicted octanol–water partition coefficient (Wildman–Crippen LogP) is 1.57. The average Bonchev–Trinajstić information content (AvgIpc) is 2.38. The van der Waals surface area contributed by atoms with E-state index >= 15 is 0 Å². The lowest BCUT2D eigenvalue weighted by Gasteiger charge is -2.30. The first-order valence-corrected chi connectivity index (χ1v) is 5.98. The van der Waals surface area contributed by atoms with E-state index in [-0.39, 0.29) is 23.9 Å². The maximum absolute atomic E-state index is 11.2. The molecule has 1 aromatic rings. The van der Waals surface area contributed by atoms with Gasteiger partial charge in [0.25, 0.3) is 0 Å². The van der Waals surface area contributed by atoms with E-state index in [9.17, 15) is 4.79 Å². The Bertz CT molecular complexity index is 410. The number of hydrogen-bond acceptors (Lipinski definition) is 3. The number of halogens is 1. The molecular weight excluding hydrogens is 242 g/mol. The Labute approximate surface area is 105 Å². The standard InChI is InChI=1S/C12H14ClNO3/c1-8(14-12(15)6-13)11-7-16-9-4-2-3-5-10(9)17-11/h2-5,8,11H,6-7H2,1H3,(H,14,15). The number of rotatable bonds is 3. The SMILES string of the molecule is CC(NC(=O)CCl)C1COc2ccccc2O1. The van der Waals surface area contributed by atoms with Crippen LogP contribution in [0.1, 0.15) is 6.92 Å². The van der Waals surface area contributed by atoms with Gasteiger partial charge in [0.2, 0.25) is 5.91 Å². The molecule has 0 aliphatic carbocycles. The third-order valence-electron chi connectivity index (χ3n) is 2.60. The Morgan fingerprint density at radius 3 is 2.94 bits per heavy atom. The number of nitrogens with one attached hydrogen (secondary N) is 1. The number of amides is 1. The summed E-state index contributed by atoms with van der Waals surface area (Å²) in [5.74, 6) is 1.19. The summed E-state index contributed by atoms with van der Waals surface area (Å²) in [6.45, 7) is 2.28. The van der Waals surface area contributed by atoms with E-state index in [4.69, 9.17) is 21.1 Å². The van der Waals surface area contributed by atoms with Crippen molar-refractivity contribution in [1.82, 2.24) is 5.32 Å². The molecule has 0 bridgehead atoms. The van der Waals surface area contributed by atoms with Gasteiger partial charge < -0.3 is 14.8 Å². The molecule has 1 aromatic carbocycles. The Morgan fingerprint density at radius 2 is 2.24 bits per heavy atom. The summed E-state index contributed by atoms with van der Waals surface area (Å²) in [4.78, 5) is 11.2. The highest BCUT2D eigenvalue weighted by molar-refractivity contribution is 6.27. The van der Waals surface area contributed by atoms with Gasteiger partial charge in [-0.15, -0.1) is 11.6 Å². The van der Waals surface area contributed by atoms with E-state index in [2.05, 4.69) is 5.32 Å². The lowest BCUT2D eigenvalue weighted by Crippen LogP contribution is -2.48. The molecule has 0 radical (unpaired) electrons. The molecule has 2 rings (SSSR count). The van der Waals surface area contributed by atoms with Crippen LogP contribution in [-0.2, 0) is 4.79 Å². The molecule has 1 aliphatic rings. The molecular formula is C12H14ClNO3. The van der Waals surface area contributed by atoms with Crippen LogP contribution >= 0.6 is 11.6 Å². The fourth-order valence-electron chi connectivity index (χ4n) is 1.67. The second kappa shape index (κ2) is 5.27. The van der Waals surface area contributed by atoms with Crippen molar-refractivity contribution in [2.75, 3.05) is 12.5 Å². The van der Waals surface area contributed by atoms with Crippen LogP contribution in [0.3, 0.4) is 0 Å². The highest BCUT2D eigenvalue weighted by Crippen LogP contribution is 2.31. The summed E-state index contributed by atoms with van der Waals surface area (Å²) in [6.07, 6.45) is -0.197. The molecule has 5 heteroatoms. The topological polar surface area (TPSA) is 47.6 Å². The number of fused-ring (bicyclic) bond motifs is 1. The zero-order valence-electron chi connectivity index (χ0n) is 9.48. The monoisotopic (exact) mass is 255 g/mol. The first-order valence-electron chi connectivity index (χ1n) is 5.44. The third-order valence-corrected chi connectivity index (χ3v) is 2.84. The number of para-hydroxylation sites is 2. The van der Waals surface area contributed by atoms with Crippen LogP contribution in [0.5, 0.6) is 11.5 Å². The van der Waals surface area contributed by atoms with Crippen molar-refractivity contribution in [1.29, 1.82) is 0 Å². The van der Waals surface area contributed by atoms with Crippen molar-refractivity contribution in [3.63, 3.8) is 0 Å². The number of ether oxygens (including phenoxy) is 2. The summed E-state index contributed by atoms with van der Waals surface area (Å²) in [6, 6.07) is 7.33. The second-order valence-corrected chi connectivity index (χ2v) is 4.17. The Hall–Kier alpha value is -1.42. The zero-order chi connectivity index (χ0) is 12.3. The number of carbonyl (C=O) groups excluding carboxylic acids is 1. The number of alkyl halides is 1. The molecule has 1 N–H and O–H groups in total. The molecule has 0 saturated heterocycles. The van der Waals surface area contributed by atoms with Gasteiger partial charge in [0.1, 0.15) is 12.5 Å². The van der Waals surface area contributed by atoms with Gasteiger partial charge in [-0.25, -0.2) is 0 Å². The van der Waals surface area contributed by atoms with Crippen LogP contribution in [0, 0.1) is 0 Å². The van der Waals surface area contributed by atoms with Gasteiger partial charge in [-0.2, -0.15) is 0 Å². The van der Waals surface area contributed by atoms with E-state index in [1.807, 2.05) is 31.2 Å². The van der Waals surface area contributed by atoms with Crippen molar-refractivity contribution in [2.45, 2.75) is 19.1 Å². The maximum atomic E-state index is 11.2. The molecule has 17 heavy (non-hydrogen) atoms. The molecule has 1 heterocycles. The predicted molar refractivity (Wildman–Crippen MR) is 64.7 cm³/mol. The second-order valence-electron chi connectivity index (χ2n) is 3.90. The molecule has 0 aromatic heterocycles. The first kappa shape index (κ1) is 12.0. The van der Waals surface area contributed by atoms with E-state index < -0.39 is 0 Å². The van der Waals surface area contributed by atoms with Gasteiger partial charge in [0.05, 0.1) is 6.04 Å². The zero-order valence-corrected chi connectivity index (χ0v) is 10.2. The van der Waals surface area contributed by atoms with E-state index in [0.717, 1.165) is 5.75 Å². The summed E-state index contributed by atoms with van der Waals surface area (Å²) >= 11 is 5.43. The van der Waals surface area contributed by atoms with Crippen molar-refractivity contribution in [3.8, 4) is 11.5 Å². The van der Waals surface area contributed by atoms with Crippen LogP contribution < -0.4 is 14.8 Å². The number of benzene rings is 1. The quantitative estimate of drug-likeness (QED) is 0.834. The van der Waals surface area contributed by atoms with Gasteiger partial charge in [-0.3, -0.25) is 4.79 Å². The van der Waals surface area contributed by atoms with Gasteiger partial charge in [-0.05, 0) is 19.1 Å². The lowest BCUT2D eigenvalue weighted by atomic mass is 10.1. The normalized spacial score (nSPS) is 19.5. The van der Waals surface area contributed by atoms with Crippen LogP contribution in [0.25, 0.3) is 0 Å². The Morgan fingerprint density at radius 1 is 1.53 bits per heavy atom. The smallest absolute Gasteiger partial charge is 0.235 e. The van der Waals surface area contributed by atoms with E-state index in [1.54, 1.807) is 0 Å². The fraction of sp³-hybridized carbons (Fsp3) is 0.417. The van der Waals surface area contributed by atoms with Crippen molar-refractivity contribution in [3.05, 3.63) is 24.3 Å². The Kier molecular flexibility index (Phi) is 3.74. The molecule has 2 atom stereocenters. The van der Waals surface area contributed by atoms with Gasteiger partial charge in [0, 0.05) is 0 Å². The fourth-order valence-corrected chi connectivity index (χ4v) is 1.74. The highest BCUT2D eigenvalue weighted by atomic mass is 35.5. The third kappa shape index (κ3) is 2.82. The van der Waals surface area contributed by atoms with Gasteiger partial charge >= 0.3 is 0 Å². The number of hydrogen-bond donors (Lipinski definition) is 1. The minimum absolute atomic E-state index is 0.0471. The van der Waals surface area contributed by atoms with E-state index in [1.165, 1.54) is 0 Å². The van der Waals surface area contributed by atoms with E-state index in [0.29, 0.717) is 12.4 Å². The summed E-state index contributed by atoms with van der Waals surface area (Å²) < 4.78 is 11.3. The molecule has 2 unspecified atom stereocenters. The summed E-state index contributed by atoms with van der Waals surface area (Å²) in [7, 11) is 0. The number of carbonyl (C=O) groups is 1. The molecule has 92 valence electrons. The molecule has 0 saturated carbocycles. The minimum Gasteiger partial charge on any atom is -0.486 e. The largest absolute Gasteiger partial charge is 0.486 e. The summed E-state index contributed by atoms with van der Waals surface area (Å²) in [5.41, 5.74) is 0. The van der Waals surface area contributed by atoms with Crippen LogP contribution in [0.15, 0.2) is 24.3 Å². The molecule has 1 amide bonds. The van der Waals surface area contributed by atoms with Crippen molar-refractivity contribution < 1.29 is 14.3 Å². The minimum atomic E-state index is -0.207. The first-order chi connectivity index (χ1) is 8.20. The maximum Gasteiger partial charge on any atom is 0.235 e. The lowest BCUT2D eigenvalue weighted by molar-refractivity contribution is -0.120. The van der Waals surface area contributed by atoms with Gasteiger partial charge in [-0.1, -0.05) is 12.1 Å². The Balaban J connectivity index is 2.00.